The number of benzene rings is 1. The highest BCUT2D eigenvalue weighted by Crippen LogP contribution is 2.19. The molecular weight excluding hydrogens is 396 g/mol. The second-order valence-electron chi connectivity index (χ2n) is 5.70. The molecule has 0 spiro atoms. The van der Waals surface area contributed by atoms with Gasteiger partial charge in [0, 0.05) is 19.2 Å². The number of amidine groups is 1. The predicted molar refractivity (Wildman–Crippen MR) is 97.3 cm³/mol. The largest absolute Gasteiger partial charge is 0.483 e. The van der Waals surface area contributed by atoms with E-state index in [4.69, 9.17) is 10.5 Å². The van der Waals surface area contributed by atoms with Crippen molar-refractivity contribution in [2.45, 2.75) is 12.6 Å². The van der Waals surface area contributed by atoms with E-state index in [2.05, 4.69) is 20.0 Å². The van der Waals surface area contributed by atoms with E-state index in [0.29, 0.717) is 5.69 Å². The third-order valence-electron chi connectivity index (χ3n) is 3.52. The third kappa shape index (κ3) is 7.28. The number of alkyl halides is 3. The lowest BCUT2D eigenvalue weighted by Gasteiger charge is -2.10. The Balaban J connectivity index is 1.98. The number of carbonyl (C=O) groups is 1. The molecule has 29 heavy (non-hydrogen) atoms. The molecule has 0 radical (unpaired) electrons. The van der Waals surface area contributed by atoms with Gasteiger partial charge in [-0.05, 0) is 35.9 Å². The van der Waals surface area contributed by atoms with Gasteiger partial charge >= 0.3 is 6.18 Å². The van der Waals surface area contributed by atoms with Crippen LogP contribution in [-0.4, -0.2) is 43.4 Å². The number of aliphatic imine (C=N–C) groups is 1. The van der Waals surface area contributed by atoms with Gasteiger partial charge in [0.15, 0.2) is 6.61 Å². The Morgan fingerprint density at radius 1 is 1.28 bits per heavy atom. The Labute approximate surface area is 163 Å². The highest BCUT2D eigenvalue weighted by atomic mass is 19.4. The fourth-order valence-electron chi connectivity index (χ4n) is 2.13. The van der Waals surface area contributed by atoms with E-state index in [1.54, 1.807) is 0 Å². The maximum absolute atomic E-state index is 13.9. The molecule has 0 saturated carbocycles. The molecule has 0 aliphatic heterocycles. The minimum atomic E-state index is -4.48. The zero-order valence-electron chi connectivity index (χ0n) is 15.3. The zero-order valence-corrected chi connectivity index (χ0v) is 15.3. The van der Waals surface area contributed by atoms with E-state index >= 15 is 0 Å². The van der Waals surface area contributed by atoms with Crippen molar-refractivity contribution in [3.05, 3.63) is 53.6 Å². The number of nitrogens with two attached hydrogens (primary N) is 1. The van der Waals surface area contributed by atoms with Crippen LogP contribution in [-0.2, 0) is 11.2 Å². The van der Waals surface area contributed by atoms with Crippen LogP contribution in [0.3, 0.4) is 0 Å². The van der Waals surface area contributed by atoms with Crippen LogP contribution in [0.2, 0.25) is 0 Å². The number of pyridine rings is 1. The van der Waals surface area contributed by atoms with Crippen molar-refractivity contribution in [2.75, 3.05) is 25.6 Å². The standard InChI is InChI=1S/C18H18F4N4O3/c1-24-17(23)28-7-6-11-8-12(2-4-14(11)19)26-16(27)15-5-3-13(9-25-15)29-10-18(20,21)22/h2-5,8-9H,6-7,10H2,1H3,(H2,23,24)(H,26,27). The Morgan fingerprint density at radius 3 is 2.66 bits per heavy atom. The first-order chi connectivity index (χ1) is 13.7. The van der Waals surface area contributed by atoms with Crippen LogP contribution in [0.25, 0.3) is 0 Å². The van der Waals surface area contributed by atoms with E-state index in [-0.39, 0.29) is 36.1 Å². The smallest absolute Gasteiger partial charge is 0.422 e. The lowest BCUT2D eigenvalue weighted by molar-refractivity contribution is -0.153. The zero-order chi connectivity index (χ0) is 21.4. The summed E-state index contributed by atoms with van der Waals surface area (Å²) in [4.78, 5) is 19.6. The fourth-order valence-corrected chi connectivity index (χ4v) is 2.13. The van der Waals surface area contributed by atoms with Crippen LogP contribution in [0.15, 0.2) is 41.5 Å². The SMILES string of the molecule is C/N=C(/N)OCCc1cc(NC(=O)c2ccc(OCC(F)(F)F)cn2)ccc1F. The van der Waals surface area contributed by atoms with Gasteiger partial charge < -0.3 is 20.5 Å². The summed E-state index contributed by atoms with van der Waals surface area (Å²) in [5, 5.41) is 2.53. The highest BCUT2D eigenvalue weighted by molar-refractivity contribution is 6.02. The van der Waals surface area contributed by atoms with Crippen molar-refractivity contribution in [1.82, 2.24) is 4.98 Å². The molecule has 0 aliphatic carbocycles. The second kappa shape index (κ2) is 9.71. The van der Waals surface area contributed by atoms with Gasteiger partial charge in [0.25, 0.3) is 11.9 Å². The van der Waals surface area contributed by atoms with Crippen molar-refractivity contribution in [2.24, 2.45) is 10.7 Å². The van der Waals surface area contributed by atoms with Gasteiger partial charge in [-0.25, -0.2) is 14.4 Å². The number of hydrogen-bond acceptors (Lipinski definition) is 5. The minimum absolute atomic E-state index is 0.0244. The summed E-state index contributed by atoms with van der Waals surface area (Å²) in [5.74, 6) is -1.23. The molecule has 2 rings (SSSR count). The lowest BCUT2D eigenvalue weighted by Crippen LogP contribution is -2.19. The number of carbonyl (C=O) groups excluding carboxylic acids is 1. The van der Waals surface area contributed by atoms with Gasteiger partial charge in [-0.1, -0.05) is 0 Å². The van der Waals surface area contributed by atoms with Gasteiger partial charge in [0.1, 0.15) is 17.3 Å². The summed E-state index contributed by atoms with van der Waals surface area (Å²) in [7, 11) is 1.45. The molecule has 1 heterocycles. The molecular formula is C18H18F4N4O3. The van der Waals surface area contributed by atoms with Gasteiger partial charge in [0.05, 0.1) is 12.8 Å². The van der Waals surface area contributed by atoms with Crippen molar-refractivity contribution < 1.29 is 31.8 Å². The Morgan fingerprint density at radius 2 is 2.03 bits per heavy atom. The van der Waals surface area contributed by atoms with Gasteiger partial charge in [-0.15, -0.1) is 0 Å². The summed E-state index contributed by atoms with van der Waals surface area (Å²) in [6, 6.07) is 6.36. The second-order valence-corrected chi connectivity index (χ2v) is 5.70. The van der Waals surface area contributed by atoms with Gasteiger partial charge in [-0.2, -0.15) is 13.2 Å². The number of halogens is 4. The number of nitrogens with one attached hydrogen (secondary N) is 1. The summed E-state index contributed by atoms with van der Waals surface area (Å²) in [5.41, 5.74) is 5.94. The molecule has 0 saturated heterocycles. The normalized spacial score (nSPS) is 11.8. The molecule has 0 fully saturated rings. The van der Waals surface area contributed by atoms with Crippen molar-refractivity contribution in [3.8, 4) is 5.75 Å². The fraction of sp³-hybridized carbons (Fsp3) is 0.278. The number of ether oxygens (including phenoxy) is 2. The first-order valence-electron chi connectivity index (χ1n) is 8.28. The van der Waals surface area contributed by atoms with Crippen LogP contribution < -0.4 is 15.8 Å². The van der Waals surface area contributed by atoms with E-state index in [0.717, 1.165) is 6.20 Å². The average molecular weight is 414 g/mol. The number of nitrogens with zero attached hydrogens (tertiary/aromatic N) is 2. The number of aromatic nitrogens is 1. The maximum Gasteiger partial charge on any atom is 0.422 e. The number of hydrogen-bond donors (Lipinski definition) is 2. The molecule has 3 N–H and O–H groups in total. The molecule has 7 nitrogen and oxygen atoms in total. The van der Waals surface area contributed by atoms with E-state index in [9.17, 15) is 22.4 Å². The Hall–Kier alpha value is -3.37. The van der Waals surface area contributed by atoms with E-state index in [1.807, 2.05) is 0 Å². The summed E-state index contributed by atoms with van der Waals surface area (Å²) >= 11 is 0. The first-order valence-corrected chi connectivity index (χ1v) is 8.28. The van der Waals surface area contributed by atoms with Crippen LogP contribution in [0.4, 0.5) is 23.2 Å². The minimum Gasteiger partial charge on any atom is -0.483 e. The van der Waals surface area contributed by atoms with Crippen LogP contribution >= 0.6 is 0 Å². The molecule has 11 heteroatoms. The molecule has 1 aromatic heterocycles. The molecule has 1 aromatic carbocycles. The lowest BCUT2D eigenvalue weighted by atomic mass is 10.1. The highest BCUT2D eigenvalue weighted by Gasteiger charge is 2.28. The Kier molecular flexibility index (Phi) is 7.34. The van der Waals surface area contributed by atoms with E-state index < -0.39 is 24.5 Å². The summed E-state index contributed by atoms with van der Waals surface area (Å²) in [6.07, 6.45) is -3.28. The average Bonchev–Trinajstić information content (AvgIpc) is 2.68. The van der Waals surface area contributed by atoms with Gasteiger partial charge in [-0.3, -0.25) is 4.79 Å². The molecule has 156 valence electrons. The van der Waals surface area contributed by atoms with Crippen LogP contribution in [0, 0.1) is 5.82 Å². The molecule has 0 atom stereocenters. The molecule has 0 unspecified atom stereocenters. The monoisotopic (exact) mass is 414 g/mol. The molecule has 2 aromatic rings. The Bertz CT molecular complexity index is 870. The maximum atomic E-state index is 13.9. The summed E-state index contributed by atoms with van der Waals surface area (Å²) < 4.78 is 59.9. The quantitative estimate of drug-likeness (QED) is 0.412. The summed E-state index contributed by atoms with van der Waals surface area (Å²) in [6.45, 7) is -1.36. The molecule has 1 amide bonds. The topological polar surface area (TPSA) is 98.8 Å². The number of amides is 1. The number of rotatable bonds is 7. The van der Waals surface area contributed by atoms with Crippen molar-refractivity contribution >= 4 is 17.6 Å². The van der Waals surface area contributed by atoms with E-state index in [1.165, 1.54) is 37.4 Å². The predicted octanol–water partition coefficient (Wildman–Crippen LogP) is 2.92. The molecule has 0 aliphatic rings. The number of anilines is 1. The van der Waals surface area contributed by atoms with Crippen LogP contribution in [0.1, 0.15) is 16.1 Å². The first kappa shape index (κ1) is 21.9. The molecule has 0 bridgehead atoms. The van der Waals surface area contributed by atoms with Crippen molar-refractivity contribution in [1.29, 1.82) is 0 Å². The van der Waals surface area contributed by atoms with Gasteiger partial charge in [0.2, 0.25) is 0 Å². The van der Waals surface area contributed by atoms with Crippen molar-refractivity contribution in [3.63, 3.8) is 0 Å². The third-order valence-corrected chi connectivity index (χ3v) is 3.52. The van der Waals surface area contributed by atoms with Crippen LogP contribution in [0.5, 0.6) is 5.75 Å².